The number of halogens is 1. The molecule has 1 fully saturated rings. The van der Waals surface area contributed by atoms with Gasteiger partial charge in [0.15, 0.2) is 0 Å². The van der Waals surface area contributed by atoms with Gasteiger partial charge in [-0.25, -0.2) is 0 Å². The Kier molecular flexibility index (Phi) is 6.75. The summed E-state index contributed by atoms with van der Waals surface area (Å²) < 4.78 is 0. The molecule has 0 aromatic heterocycles. The highest BCUT2D eigenvalue weighted by Crippen LogP contribution is 2.36. The van der Waals surface area contributed by atoms with E-state index in [1.165, 1.54) is 27.3 Å². The fraction of sp³-hybridized carbons (Fsp3) is 0.321. The van der Waals surface area contributed by atoms with Crippen LogP contribution in [0.25, 0.3) is 0 Å². The monoisotopic (exact) mass is 491 g/mol. The van der Waals surface area contributed by atoms with Crippen molar-refractivity contribution in [1.82, 2.24) is 4.90 Å². The fourth-order valence-corrected chi connectivity index (χ4v) is 5.94. The first kappa shape index (κ1) is 23.1. The molecule has 1 saturated heterocycles. The maximum absolute atomic E-state index is 13.4. The van der Waals surface area contributed by atoms with E-state index in [1.807, 2.05) is 34.9 Å². The van der Waals surface area contributed by atoms with Crippen LogP contribution in [0.4, 0.5) is 11.4 Å². The van der Waals surface area contributed by atoms with Crippen LogP contribution in [-0.2, 0) is 6.54 Å². The maximum Gasteiger partial charge on any atom is 0.254 e. The van der Waals surface area contributed by atoms with E-state index < -0.39 is 0 Å². The Morgan fingerprint density at radius 3 is 2.41 bits per heavy atom. The second-order valence-electron chi connectivity index (χ2n) is 9.15. The van der Waals surface area contributed by atoms with E-state index in [9.17, 15) is 4.79 Å². The lowest BCUT2D eigenvalue weighted by Gasteiger charge is -2.37. The van der Waals surface area contributed by atoms with Crippen LogP contribution in [0.3, 0.4) is 0 Å². The number of benzene rings is 3. The van der Waals surface area contributed by atoms with Crippen molar-refractivity contribution in [1.29, 1.82) is 0 Å². The van der Waals surface area contributed by atoms with Crippen LogP contribution >= 0.6 is 23.4 Å². The molecule has 5 rings (SSSR count). The summed E-state index contributed by atoms with van der Waals surface area (Å²) in [6.07, 6.45) is 0. The number of hydrogen-bond acceptors (Lipinski definition) is 4. The molecule has 0 N–H and O–H groups in total. The predicted octanol–water partition coefficient (Wildman–Crippen LogP) is 6.03. The molecular formula is C28H30ClN3OS. The number of piperazine rings is 1. The molecule has 0 saturated carbocycles. The summed E-state index contributed by atoms with van der Waals surface area (Å²) in [6, 6.07) is 21.0. The number of fused-ring (bicyclic) bond motifs is 1. The lowest BCUT2D eigenvalue weighted by Crippen LogP contribution is -2.49. The Labute approximate surface area is 211 Å². The van der Waals surface area contributed by atoms with Gasteiger partial charge in [-0.3, -0.25) is 4.79 Å². The van der Waals surface area contributed by atoms with Crippen molar-refractivity contribution in [2.75, 3.05) is 48.3 Å². The first-order valence-corrected chi connectivity index (χ1v) is 13.2. The maximum atomic E-state index is 13.4. The summed E-state index contributed by atoms with van der Waals surface area (Å²) in [5.41, 5.74) is 6.91. The molecule has 3 aromatic rings. The summed E-state index contributed by atoms with van der Waals surface area (Å²) >= 11 is 8.10. The van der Waals surface area contributed by atoms with Crippen LogP contribution in [0.15, 0.2) is 65.6 Å². The lowest BCUT2D eigenvalue weighted by atomic mass is 10.1. The van der Waals surface area contributed by atoms with Crippen molar-refractivity contribution in [3.8, 4) is 0 Å². The Morgan fingerprint density at radius 1 is 0.882 bits per heavy atom. The zero-order valence-corrected chi connectivity index (χ0v) is 21.3. The Hall–Kier alpha value is -2.63. The van der Waals surface area contributed by atoms with E-state index in [1.54, 1.807) is 0 Å². The van der Waals surface area contributed by atoms with Crippen LogP contribution in [-0.4, -0.2) is 49.3 Å². The summed E-state index contributed by atoms with van der Waals surface area (Å²) in [5, 5.41) is 0.751. The number of anilines is 2. The number of carbonyl (C=O) groups excluding carboxylic acids is 1. The largest absolute Gasteiger partial charge is 0.368 e. The van der Waals surface area contributed by atoms with Crippen molar-refractivity contribution >= 4 is 40.6 Å². The van der Waals surface area contributed by atoms with Crippen LogP contribution in [0.2, 0.25) is 5.02 Å². The quantitative estimate of drug-likeness (QED) is 0.445. The van der Waals surface area contributed by atoms with Crippen molar-refractivity contribution in [2.24, 2.45) is 0 Å². The van der Waals surface area contributed by atoms with Crippen molar-refractivity contribution < 1.29 is 4.79 Å². The molecule has 2 heterocycles. The van der Waals surface area contributed by atoms with Crippen molar-refractivity contribution in [2.45, 2.75) is 25.3 Å². The number of aryl methyl sites for hydroxylation is 2. The normalized spacial score (nSPS) is 15.9. The minimum atomic E-state index is 0.121. The smallest absolute Gasteiger partial charge is 0.254 e. The Bertz CT molecular complexity index is 1190. The summed E-state index contributed by atoms with van der Waals surface area (Å²) in [6.45, 7) is 9.12. The molecule has 6 heteroatoms. The molecule has 0 aliphatic carbocycles. The van der Waals surface area contributed by atoms with Crippen LogP contribution < -0.4 is 9.80 Å². The average molecular weight is 492 g/mol. The molecule has 176 valence electrons. The Morgan fingerprint density at radius 2 is 1.65 bits per heavy atom. The molecule has 0 bridgehead atoms. The van der Waals surface area contributed by atoms with Gasteiger partial charge < -0.3 is 14.7 Å². The molecule has 34 heavy (non-hydrogen) atoms. The number of thioether (sulfide) groups is 1. The molecule has 3 aromatic carbocycles. The van der Waals surface area contributed by atoms with Crippen molar-refractivity contribution in [3.05, 3.63) is 87.9 Å². The van der Waals surface area contributed by atoms with Gasteiger partial charge in [-0.1, -0.05) is 47.5 Å². The third-order valence-electron chi connectivity index (χ3n) is 6.74. The molecular weight excluding hydrogens is 462 g/mol. The molecule has 2 aliphatic heterocycles. The van der Waals surface area contributed by atoms with Gasteiger partial charge in [-0.05, 0) is 55.3 Å². The number of carbonyl (C=O) groups is 1. The van der Waals surface area contributed by atoms with Gasteiger partial charge >= 0.3 is 0 Å². The summed E-state index contributed by atoms with van der Waals surface area (Å²) in [7, 11) is 0. The van der Waals surface area contributed by atoms with Crippen LogP contribution in [0.5, 0.6) is 0 Å². The number of amides is 1. The third-order valence-corrected chi connectivity index (χ3v) is 8.02. The van der Waals surface area contributed by atoms with E-state index in [-0.39, 0.29) is 5.91 Å². The van der Waals surface area contributed by atoms with Crippen LogP contribution in [0.1, 0.15) is 27.0 Å². The zero-order chi connectivity index (χ0) is 23.7. The number of hydrogen-bond donors (Lipinski definition) is 0. The first-order valence-electron chi connectivity index (χ1n) is 11.9. The molecule has 4 nitrogen and oxygen atoms in total. The van der Waals surface area contributed by atoms with Gasteiger partial charge in [0.1, 0.15) is 0 Å². The predicted molar refractivity (Wildman–Crippen MR) is 144 cm³/mol. The Balaban J connectivity index is 1.29. The third kappa shape index (κ3) is 4.91. The van der Waals surface area contributed by atoms with Crippen molar-refractivity contribution in [3.63, 3.8) is 0 Å². The minimum absolute atomic E-state index is 0.121. The fourth-order valence-electron chi connectivity index (χ4n) is 4.74. The van der Waals surface area contributed by atoms with E-state index >= 15 is 0 Å². The van der Waals surface area contributed by atoms with E-state index in [2.05, 4.69) is 66.1 Å². The highest BCUT2D eigenvalue weighted by molar-refractivity contribution is 7.99. The highest BCUT2D eigenvalue weighted by Gasteiger charge is 2.25. The van der Waals surface area contributed by atoms with E-state index in [0.717, 1.165) is 48.2 Å². The topological polar surface area (TPSA) is 26.8 Å². The molecule has 2 aliphatic rings. The first-order chi connectivity index (χ1) is 16.5. The lowest BCUT2D eigenvalue weighted by molar-refractivity contribution is 0.0746. The summed E-state index contributed by atoms with van der Waals surface area (Å²) in [5.74, 6) is 1.19. The standard InChI is InChI=1S/C28H30ClN3OS/c1-20-3-6-22(7-4-20)19-32-15-16-34-27-10-8-23(17-26(27)32)28(33)31-13-11-30(12-14-31)25-18-24(29)9-5-21(25)2/h3-10,17-18H,11-16,19H2,1-2H3. The van der Waals surface area contributed by atoms with Gasteiger partial charge in [-0.15, -0.1) is 11.8 Å². The van der Waals surface area contributed by atoms with Gasteiger partial charge in [0.2, 0.25) is 0 Å². The summed E-state index contributed by atoms with van der Waals surface area (Å²) in [4.78, 5) is 21.4. The molecule has 0 spiro atoms. The highest BCUT2D eigenvalue weighted by atomic mass is 35.5. The van der Waals surface area contributed by atoms with Gasteiger partial charge in [0.05, 0.1) is 5.69 Å². The van der Waals surface area contributed by atoms with Gasteiger partial charge in [0, 0.05) is 66.2 Å². The molecule has 0 unspecified atom stereocenters. The zero-order valence-electron chi connectivity index (χ0n) is 19.8. The number of nitrogens with zero attached hydrogens (tertiary/aromatic N) is 3. The van der Waals surface area contributed by atoms with E-state index in [4.69, 9.17) is 11.6 Å². The molecule has 1 amide bonds. The number of rotatable bonds is 4. The second kappa shape index (κ2) is 9.93. The second-order valence-corrected chi connectivity index (χ2v) is 10.7. The van der Waals surface area contributed by atoms with E-state index in [0.29, 0.717) is 13.1 Å². The van der Waals surface area contributed by atoms with Crippen LogP contribution in [0, 0.1) is 13.8 Å². The average Bonchev–Trinajstić information content (AvgIpc) is 2.86. The minimum Gasteiger partial charge on any atom is -0.368 e. The van der Waals surface area contributed by atoms with Gasteiger partial charge in [-0.2, -0.15) is 0 Å². The SMILES string of the molecule is Cc1ccc(CN2CCSc3ccc(C(=O)N4CCN(c5cc(Cl)ccc5C)CC4)cc32)cc1. The molecule has 0 radical (unpaired) electrons. The van der Waals surface area contributed by atoms with Gasteiger partial charge in [0.25, 0.3) is 5.91 Å². The molecule has 0 atom stereocenters.